The van der Waals surface area contributed by atoms with Gasteiger partial charge in [-0.25, -0.2) is 0 Å². The van der Waals surface area contributed by atoms with Crippen molar-refractivity contribution in [3.05, 3.63) is 35.0 Å². The zero-order valence-electron chi connectivity index (χ0n) is 19.3. The number of carbonyl (C=O) groups excluding carboxylic acids is 1. The Morgan fingerprint density at radius 2 is 1.93 bits per heavy atom. The number of ether oxygens (including phenoxy) is 1. The molecule has 30 heavy (non-hydrogen) atoms. The average molecular weight is 418 g/mol. The lowest BCUT2D eigenvalue weighted by Gasteiger charge is -2.36. The molecule has 7 nitrogen and oxygen atoms in total. The van der Waals surface area contributed by atoms with Crippen LogP contribution in [0, 0.1) is 5.41 Å². The van der Waals surface area contributed by atoms with Crippen molar-refractivity contribution >= 4 is 11.6 Å². The number of nitrogens with two attached hydrogens (primary N) is 1. The van der Waals surface area contributed by atoms with Crippen LogP contribution in [-0.4, -0.2) is 60.2 Å². The first-order valence-electron chi connectivity index (χ1n) is 11.1. The maximum atomic E-state index is 12.3. The summed E-state index contributed by atoms with van der Waals surface area (Å²) >= 11 is 0. The van der Waals surface area contributed by atoms with E-state index in [0.717, 1.165) is 61.6 Å². The van der Waals surface area contributed by atoms with Crippen molar-refractivity contribution in [2.24, 2.45) is 5.73 Å². The van der Waals surface area contributed by atoms with Crippen LogP contribution in [0.1, 0.15) is 59.8 Å². The van der Waals surface area contributed by atoms with Crippen LogP contribution < -0.4 is 11.1 Å². The molecule has 0 aromatic carbocycles. The molecule has 7 heteroatoms. The summed E-state index contributed by atoms with van der Waals surface area (Å²) in [5, 5.41) is 11.7. The fourth-order valence-corrected chi connectivity index (χ4v) is 3.47. The number of nitrogens with zero attached hydrogens (tertiary/aromatic N) is 2. The fourth-order valence-electron chi connectivity index (χ4n) is 3.47. The minimum atomic E-state index is -0.0339. The van der Waals surface area contributed by atoms with Crippen LogP contribution in [-0.2, 0) is 9.53 Å². The third-order valence-electron chi connectivity index (χ3n) is 5.80. The second kappa shape index (κ2) is 10.5. The number of hydrogen-bond acceptors (Lipinski definition) is 6. The minimum Gasteiger partial charge on any atom is -0.492 e. The van der Waals surface area contributed by atoms with Gasteiger partial charge in [0.1, 0.15) is 11.4 Å². The van der Waals surface area contributed by atoms with Gasteiger partial charge in [0.2, 0.25) is 5.91 Å². The average Bonchev–Trinajstić information content (AvgIpc) is 3.46. The van der Waals surface area contributed by atoms with Gasteiger partial charge in [0.05, 0.1) is 12.3 Å². The number of rotatable bonds is 11. The number of amides is 1. The Morgan fingerprint density at radius 1 is 1.23 bits per heavy atom. The molecule has 0 spiro atoms. The summed E-state index contributed by atoms with van der Waals surface area (Å²) in [4.78, 5) is 16.1. The molecule has 1 saturated heterocycles. The van der Waals surface area contributed by atoms with E-state index in [9.17, 15) is 4.79 Å². The first kappa shape index (κ1) is 23.8. The van der Waals surface area contributed by atoms with Gasteiger partial charge in [-0.3, -0.25) is 4.79 Å². The molecule has 1 saturated carbocycles. The quantitative estimate of drug-likeness (QED) is 0.273. The molecule has 2 aliphatic rings. The number of allylic oxidation sites excluding steroid dienone is 5. The Hall–Kier alpha value is -2.44. The molecule has 2 rings (SSSR count). The number of hydrogen-bond donors (Lipinski definition) is 3. The van der Waals surface area contributed by atoms with Crippen LogP contribution in [0.3, 0.4) is 0 Å². The van der Waals surface area contributed by atoms with E-state index in [2.05, 4.69) is 19.2 Å². The fraction of sp³-hybridized carbons (Fsp3) is 0.652. The zero-order valence-corrected chi connectivity index (χ0v) is 19.3. The van der Waals surface area contributed by atoms with E-state index in [0.29, 0.717) is 25.2 Å². The summed E-state index contributed by atoms with van der Waals surface area (Å²) in [5.74, 6) is 1.83. The molecule has 0 atom stereocenters. The van der Waals surface area contributed by atoms with Gasteiger partial charge in [-0.1, -0.05) is 13.8 Å². The lowest BCUT2D eigenvalue weighted by atomic mass is 10.0. The van der Waals surface area contributed by atoms with E-state index in [1.165, 1.54) is 0 Å². The Labute approximate surface area is 181 Å². The summed E-state index contributed by atoms with van der Waals surface area (Å²) in [6.07, 6.45) is 7.95. The molecule has 0 aromatic heterocycles. The van der Waals surface area contributed by atoms with Crippen molar-refractivity contribution in [1.82, 2.24) is 15.1 Å². The molecule has 168 valence electrons. The summed E-state index contributed by atoms with van der Waals surface area (Å²) < 4.78 is 6.16. The molecule has 1 aliphatic carbocycles. The van der Waals surface area contributed by atoms with Gasteiger partial charge in [0.15, 0.2) is 0 Å². The predicted molar refractivity (Wildman–Crippen MR) is 122 cm³/mol. The highest BCUT2D eigenvalue weighted by molar-refractivity contribution is 5.95. The van der Waals surface area contributed by atoms with Gasteiger partial charge in [-0.2, -0.15) is 0 Å². The molecule has 4 N–H and O–H groups in total. The SMILES string of the molecule is CC/C(=C\C(CC(=N)/C=C(\NC)N1CCN(CC)C(=O)C1)=C(\N)CC)OC1(C)CC1. The van der Waals surface area contributed by atoms with Gasteiger partial charge in [0, 0.05) is 50.9 Å². The summed E-state index contributed by atoms with van der Waals surface area (Å²) in [6.45, 7) is 10.8. The highest BCUT2D eigenvalue weighted by atomic mass is 16.5. The molecule has 0 aromatic rings. The molecule has 1 aliphatic heterocycles. The van der Waals surface area contributed by atoms with Crippen LogP contribution in [0.5, 0.6) is 0 Å². The molecule has 1 heterocycles. The minimum absolute atomic E-state index is 0.0339. The van der Waals surface area contributed by atoms with Crippen molar-refractivity contribution in [3.8, 4) is 0 Å². The van der Waals surface area contributed by atoms with Gasteiger partial charge >= 0.3 is 0 Å². The molecule has 0 bridgehead atoms. The lowest BCUT2D eigenvalue weighted by Crippen LogP contribution is -2.51. The third-order valence-corrected chi connectivity index (χ3v) is 5.80. The summed E-state index contributed by atoms with van der Waals surface area (Å²) in [7, 11) is 1.83. The Morgan fingerprint density at radius 3 is 2.43 bits per heavy atom. The van der Waals surface area contributed by atoms with Crippen LogP contribution in [0.2, 0.25) is 0 Å². The van der Waals surface area contributed by atoms with Gasteiger partial charge in [0.25, 0.3) is 0 Å². The largest absolute Gasteiger partial charge is 0.492 e. The summed E-state index contributed by atoms with van der Waals surface area (Å²) in [6, 6.07) is 0. The number of carbonyl (C=O) groups is 1. The molecule has 2 fully saturated rings. The predicted octanol–water partition coefficient (Wildman–Crippen LogP) is 3.11. The maximum absolute atomic E-state index is 12.3. The Bertz CT molecular complexity index is 734. The van der Waals surface area contributed by atoms with E-state index in [1.807, 2.05) is 36.8 Å². The first-order valence-corrected chi connectivity index (χ1v) is 11.1. The zero-order chi connectivity index (χ0) is 22.3. The van der Waals surface area contributed by atoms with Crippen LogP contribution >= 0.6 is 0 Å². The van der Waals surface area contributed by atoms with Crippen molar-refractivity contribution in [1.29, 1.82) is 5.41 Å². The first-order chi connectivity index (χ1) is 14.2. The smallest absolute Gasteiger partial charge is 0.242 e. The van der Waals surface area contributed by atoms with E-state index in [-0.39, 0.29) is 11.5 Å². The highest BCUT2D eigenvalue weighted by Crippen LogP contribution is 2.41. The number of piperazine rings is 1. The van der Waals surface area contributed by atoms with Crippen molar-refractivity contribution in [3.63, 3.8) is 0 Å². The normalized spacial score (nSPS) is 20.1. The summed E-state index contributed by atoms with van der Waals surface area (Å²) in [5.41, 5.74) is 8.41. The maximum Gasteiger partial charge on any atom is 0.242 e. The monoisotopic (exact) mass is 417 g/mol. The Balaban J connectivity index is 2.13. The van der Waals surface area contributed by atoms with E-state index in [1.54, 1.807) is 6.08 Å². The van der Waals surface area contributed by atoms with Crippen LogP contribution in [0.25, 0.3) is 0 Å². The van der Waals surface area contributed by atoms with E-state index < -0.39 is 0 Å². The second-order valence-corrected chi connectivity index (χ2v) is 8.30. The van der Waals surface area contributed by atoms with Gasteiger partial charge in [-0.15, -0.1) is 0 Å². The van der Waals surface area contributed by atoms with Crippen molar-refractivity contribution in [2.75, 3.05) is 33.2 Å². The molecule has 1 amide bonds. The lowest BCUT2D eigenvalue weighted by molar-refractivity contribution is -0.135. The van der Waals surface area contributed by atoms with Gasteiger partial charge in [-0.05, 0) is 50.8 Å². The second-order valence-electron chi connectivity index (χ2n) is 8.30. The molecule has 0 radical (unpaired) electrons. The van der Waals surface area contributed by atoms with Gasteiger partial charge < -0.3 is 31.0 Å². The van der Waals surface area contributed by atoms with E-state index in [4.69, 9.17) is 15.9 Å². The highest BCUT2D eigenvalue weighted by Gasteiger charge is 2.40. The Kier molecular flexibility index (Phi) is 8.38. The third kappa shape index (κ3) is 6.54. The van der Waals surface area contributed by atoms with E-state index >= 15 is 0 Å². The van der Waals surface area contributed by atoms with Crippen LogP contribution in [0.15, 0.2) is 35.0 Å². The van der Waals surface area contributed by atoms with Crippen LogP contribution in [0.4, 0.5) is 0 Å². The number of nitrogens with one attached hydrogen (secondary N) is 2. The molecule has 0 unspecified atom stereocenters. The standard InChI is InChI=1S/C23H39N5O2/c1-6-19(30-23(4)9-10-23)14-17(20(25)7-2)13-18(24)15-21(26-5)28-12-11-27(8-3)22(29)16-28/h14-15,24,26H,6-13,16,25H2,1-5H3/b19-14+,20-17+,21-15+,24-18?. The van der Waals surface area contributed by atoms with Crippen molar-refractivity contribution in [2.45, 2.75) is 65.4 Å². The molecular formula is C23H39N5O2. The van der Waals surface area contributed by atoms with Crippen molar-refractivity contribution < 1.29 is 9.53 Å². The number of likely N-dealkylation sites (N-methyl/N-ethyl adjacent to an activating group) is 1. The topological polar surface area (TPSA) is 94.7 Å². The molecular weight excluding hydrogens is 378 g/mol.